The molecule has 0 aliphatic rings. The van der Waals surface area contributed by atoms with E-state index in [1.165, 1.54) is 14.2 Å². The van der Waals surface area contributed by atoms with Gasteiger partial charge >= 0.3 is 0 Å². The van der Waals surface area contributed by atoms with Crippen molar-refractivity contribution in [3.8, 4) is 17.2 Å². The molecule has 3 N–H and O–H groups in total. The summed E-state index contributed by atoms with van der Waals surface area (Å²) in [6.45, 7) is 0. The van der Waals surface area contributed by atoms with Crippen LogP contribution in [0.3, 0.4) is 0 Å². The Morgan fingerprint density at radius 2 is 1.55 bits per heavy atom. The Kier molecular flexibility index (Phi) is 4.73. The normalized spacial score (nSPS) is 9.95. The van der Waals surface area contributed by atoms with E-state index in [1.54, 1.807) is 43.5 Å². The van der Waals surface area contributed by atoms with Crippen LogP contribution in [-0.2, 0) is 0 Å². The molecule has 0 aliphatic carbocycles. The molecule has 0 aliphatic heterocycles. The molecule has 2 aromatic rings. The van der Waals surface area contributed by atoms with Crippen molar-refractivity contribution >= 4 is 17.3 Å². The molecule has 0 atom stereocenters. The standard InChI is InChI=1S/C16H18N2O4/c1-20-11-6-4-10(5-7-11)18-16(19)12-8-14(21-2)15(22-3)9-13(12)17/h4-9H,17H2,1-3H3,(H,18,19). The van der Waals surface area contributed by atoms with Crippen molar-refractivity contribution in [3.63, 3.8) is 0 Å². The minimum absolute atomic E-state index is 0.309. The van der Waals surface area contributed by atoms with Crippen LogP contribution in [-0.4, -0.2) is 27.2 Å². The molecular weight excluding hydrogens is 284 g/mol. The van der Waals surface area contributed by atoms with Gasteiger partial charge in [0.1, 0.15) is 5.75 Å². The Hall–Kier alpha value is -2.89. The van der Waals surface area contributed by atoms with Crippen molar-refractivity contribution in [2.45, 2.75) is 0 Å². The third-order valence-corrected chi connectivity index (χ3v) is 3.15. The highest BCUT2D eigenvalue weighted by Crippen LogP contribution is 2.32. The number of carbonyl (C=O) groups excluding carboxylic acids is 1. The number of rotatable bonds is 5. The summed E-state index contributed by atoms with van der Waals surface area (Å²) in [5.41, 5.74) is 7.17. The number of nitrogens with one attached hydrogen (secondary N) is 1. The Labute approximate surface area is 128 Å². The van der Waals surface area contributed by atoms with Crippen LogP contribution in [0.5, 0.6) is 17.2 Å². The van der Waals surface area contributed by atoms with E-state index < -0.39 is 0 Å². The molecule has 2 rings (SSSR count). The van der Waals surface area contributed by atoms with Crippen molar-refractivity contribution in [1.29, 1.82) is 0 Å². The number of amides is 1. The fourth-order valence-electron chi connectivity index (χ4n) is 1.96. The van der Waals surface area contributed by atoms with Gasteiger partial charge in [-0.05, 0) is 30.3 Å². The lowest BCUT2D eigenvalue weighted by atomic mass is 10.1. The molecule has 1 amide bonds. The number of anilines is 2. The second-order valence-corrected chi connectivity index (χ2v) is 4.48. The van der Waals surface area contributed by atoms with Crippen LogP contribution in [0, 0.1) is 0 Å². The largest absolute Gasteiger partial charge is 0.497 e. The third kappa shape index (κ3) is 3.22. The second kappa shape index (κ2) is 6.71. The van der Waals surface area contributed by atoms with Crippen LogP contribution in [0.1, 0.15) is 10.4 Å². The summed E-state index contributed by atoms with van der Waals surface area (Å²) in [6, 6.07) is 10.1. The van der Waals surface area contributed by atoms with E-state index in [1.807, 2.05) is 0 Å². The molecule has 0 bridgehead atoms. The molecule has 0 fully saturated rings. The van der Waals surface area contributed by atoms with Crippen LogP contribution >= 0.6 is 0 Å². The molecule has 0 saturated heterocycles. The number of nitrogen functional groups attached to an aromatic ring is 1. The van der Waals surface area contributed by atoms with Crippen LogP contribution in [0.15, 0.2) is 36.4 Å². The summed E-state index contributed by atoms with van der Waals surface area (Å²) in [6.07, 6.45) is 0. The fraction of sp³-hybridized carbons (Fsp3) is 0.188. The van der Waals surface area contributed by atoms with Gasteiger partial charge in [0.15, 0.2) is 11.5 Å². The summed E-state index contributed by atoms with van der Waals surface area (Å²) < 4.78 is 15.4. The maximum absolute atomic E-state index is 12.3. The Balaban J connectivity index is 2.24. The fourth-order valence-corrected chi connectivity index (χ4v) is 1.96. The third-order valence-electron chi connectivity index (χ3n) is 3.15. The first-order valence-electron chi connectivity index (χ1n) is 6.56. The predicted molar refractivity (Wildman–Crippen MR) is 84.9 cm³/mol. The van der Waals surface area contributed by atoms with Gasteiger partial charge in [0, 0.05) is 17.4 Å². The van der Waals surface area contributed by atoms with Gasteiger partial charge < -0.3 is 25.3 Å². The van der Waals surface area contributed by atoms with Gasteiger partial charge in [-0.1, -0.05) is 0 Å². The molecule has 0 radical (unpaired) electrons. The van der Waals surface area contributed by atoms with Crippen LogP contribution in [0.4, 0.5) is 11.4 Å². The van der Waals surface area contributed by atoms with Gasteiger partial charge in [-0.2, -0.15) is 0 Å². The highest BCUT2D eigenvalue weighted by molar-refractivity contribution is 6.08. The summed E-state index contributed by atoms with van der Waals surface area (Å²) in [7, 11) is 4.59. The first-order valence-corrected chi connectivity index (χ1v) is 6.56. The molecule has 0 aromatic heterocycles. The van der Waals surface area contributed by atoms with Crippen molar-refractivity contribution in [1.82, 2.24) is 0 Å². The molecular formula is C16H18N2O4. The molecule has 6 heteroatoms. The van der Waals surface area contributed by atoms with E-state index in [2.05, 4.69) is 5.32 Å². The molecule has 0 heterocycles. The lowest BCUT2D eigenvalue weighted by Crippen LogP contribution is -2.14. The average molecular weight is 302 g/mol. The maximum Gasteiger partial charge on any atom is 0.257 e. The van der Waals surface area contributed by atoms with Crippen LogP contribution < -0.4 is 25.3 Å². The van der Waals surface area contributed by atoms with Gasteiger partial charge in [0.05, 0.1) is 26.9 Å². The van der Waals surface area contributed by atoms with E-state index in [0.717, 1.165) is 0 Å². The van der Waals surface area contributed by atoms with Crippen molar-refractivity contribution < 1.29 is 19.0 Å². The van der Waals surface area contributed by atoms with Gasteiger partial charge in [0.25, 0.3) is 5.91 Å². The molecule has 0 spiro atoms. The van der Waals surface area contributed by atoms with Crippen LogP contribution in [0.2, 0.25) is 0 Å². The first-order chi connectivity index (χ1) is 10.6. The minimum Gasteiger partial charge on any atom is -0.497 e. The predicted octanol–water partition coefficient (Wildman–Crippen LogP) is 2.55. The second-order valence-electron chi connectivity index (χ2n) is 4.48. The summed E-state index contributed by atoms with van der Waals surface area (Å²) in [5.74, 6) is 1.30. The van der Waals surface area contributed by atoms with E-state index >= 15 is 0 Å². The van der Waals surface area contributed by atoms with Gasteiger partial charge in [-0.25, -0.2) is 0 Å². The molecule has 2 aromatic carbocycles. The Bertz CT molecular complexity index is 669. The molecule has 116 valence electrons. The lowest BCUT2D eigenvalue weighted by molar-refractivity contribution is 0.102. The van der Waals surface area contributed by atoms with E-state index in [-0.39, 0.29) is 5.91 Å². The summed E-state index contributed by atoms with van der Waals surface area (Å²) >= 11 is 0. The minimum atomic E-state index is -0.330. The zero-order valence-corrected chi connectivity index (χ0v) is 12.7. The number of hydrogen-bond donors (Lipinski definition) is 2. The maximum atomic E-state index is 12.3. The number of ether oxygens (including phenoxy) is 3. The van der Waals surface area contributed by atoms with Gasteiger partial charge in [-0.15, -0.1) is 0 Å². The average Bonchev–Trinajstić information content (AvgIpc) is 2.55. The number of hydrogen-bond acceptors (Lipinski definition) is 5. The zero-order valence-electron chi connectivity index (χ0n) is 12.7. The quantitative estimate of drug-likeness (QED) is 0.829. The first kappa shape index (κ1) is 15.5. The molecule has 22 heavy (non-hydrogen) atoms. The highest BCUT2D eigenvalue weighted by atomic mass is 16.5. The van der Waals surface area contributed by atoms with Crippen molar-refractivity contribution in [2.75, 3.05) is 32.4 Å². The van der Waals surface area contributed by atoms with E-state index in [4.69, 9.17) is 19.9 Å². The topological polar surface area (TPSA) is 82.8 Å². The lowest BCUT2D eigenvalue weighted by Gasteiger charge is -2.12. The van der Waals surface area contributed by atoms with Gasteiger partial charge in [-0.3, -0.25) is 4.79 Å². The van der Waals surface area contributed by atoms with Crippen molar-refractivity contribution in [3.05, 3.63) is 42.0 Å². The molecule has 0 unspecified atom stereocenters. The number of nitrogens with two attached hydrogens (primary N) is 1. The summed E-state index contributed by atoms with van der Waals surface area (Å²) in [4.78, 5) is 12.3. The Morgan fingerprint density at radius 3 is 2.09 bits per heavy atom. The van der Waals surface area contributed by atoms with E-state index in [0.29, 0.717) is 34.2 Å². The van der Waals surface area contributed by atoms with Gasteiger partial charge in [0.2, 0.25) is 0 Å². The molecule has 0 saturated carbocycles. The van der Waals surface area contributed by atoms with E-state index in [9.17, 15) is 4.79 Å². The summed E-state index contributed by atoms with van der Waals surface area (Å²) in [5, 5.41) is 2.77. The number of benzene rings is 2. The Morgan fingerprint density at radius 1 is 0.955 bits per heavy atom. The molecule has 6 nitrogen and oxygen atoms in total. The number of carbonyl (C=O) groups is 1. The van der Waals surface area contributed by atoms with Crippen LogP contribution in [0.25, 0.3) is 0 Å². The smallest absolute Gasteiger partial charge is 0.257 e. The van der Waals surface area contributed by atoms with Crippen molar-refractivity contribution in [2.24, 2.45) is 0 Å². The SMILES string of the molecule is COc1ccc(NC(=O)c2cc(OC)c(OC)cc2N)cc1. The zero-order chi connectivity index (χ0) is 16.1. The monoisotopic (exact) mass is 302 g/mol. The highest BCUT2D eigenvalue weighted by Gasteiger charge is 2.15. The number of methoxy groups -OCH3 is 3.